The van der Waals surface area contributed by atoms with Crippen LogP contribution in [0.4, 0.5) is 10.2 Å². The number of anilines is 1. The lowest BCUT2D eigenvalue weighted by atomic mass is 10.1. The molecule has 2 nitrogen and oxygen atoms in total. The Balaban J connectivity index is 2.58. The van der Waals surface area contributed by atoms with Gasteiger partial charge in [0.15, 0.2) is 0 Å². The Morgan fingerprint density at radius 2 is 2.05 bits per heavy atom. The van der Waals surface area contributed by atoms with E-state index in [2.05, 4.69) is 40.1 Å². The molecule has 0 saturated carbocycles. The molecule has 2 rings (SSSR count). The minimum absolute atomic E-state index is 0.277. The summed E-state index contributed by atoms with van der Waals surface area (Å²) in [7, 11) is 0. The molecule has 102 valence electrons. The lowest BCUT2D eigenvalue weighted by molar-refractivity contribution is 0.636. The molecule has 0 saturated heterocycles. The van der Waals surface area contributed by atoms with Crippen molar-refractivity contribution in [2.75, 3.05) is 11.9 Å². The van der Waals surface area contributed by atoms with Crippen LogP contribution in [0.25, 0.3) is 10.9 Å². The number of hydrogen-bond donors (Lipinski definition) is 1. The Hall–Kier alpha value is -1.16. The van der Waals surface area contributed by atoms with Crippen LogP contribution in [-0.2, 0) is 6.42 Å². The second-order valence-electron chi connectivity index (χ2n) is 4.60. The molecule has 1 N–H and O–H groups in total. The summed E-state index contributed by atoms with van der Waals surface area (Å²) in [5.41, 5.74) is 1.57. The fraction of sp³-hybridized carbons (Fsp3) is 0.400. The summed E-state index contributed by atoms with van der Waals surface area (Å²) >= 11 is 3.47. The van der Waals surface area contributed by atoms with Crippen molar-refractivity contribution in [3.63, 3.8) is 0 Å². The first-order valence-electron chi connectivity index (χ1n) is 6.68. The van der Waals surface area contributed by atoms with Gasteiger partial charge in [-0.3, -0.25) is 0 Å². The molecule has 0 spiro atoms. The van der Waals surface area contributed by atoms with Gasteiger partial charge in [-0.05, 0) is 36.6 Å². The molecule has 0 atom stereocenters. The van der Waals surface area contributed by atoms with Crippen molar-refractivity contribution in [1.29, 1.82) is 0 Å². The summed E-state index contributed by atoms with van der Waals surface area (Å²) in [4.78, 5) is 4.48. The van der Waals surface area contributed by atoms with Crippen LogP contribution in [-0.4, -0.2) is 11.5 Å². The van der Waals surface area contributed by atoms with Crippen LogP contribution in [0.5, 0.6) is 0 Å². The van der Waals surface area contributed by atoms with Gasteiger partial charge in [0.25, 0.3) is 0 Å². The third-order valence-corrected chi connectivity index (χ3v) is 3.71. The van der Waals surface area contributed by atoms with Crippen molar-refractivity contribution in [3.8, 4) is 0 Å². The molecule has 0 radical (unpaired) electrons. The van der Waals surface area contributed by atoms with Gasteiger partial charge in [0.05, 0.1) is 0 Å². The molecule has 1 aromatic heterocycles. The number of fused-ring (bicyclic) bond motifs is 1. The molecule has 0 unspecified atom stereocenters. The highest BCUT2D eigenvalue weighted by Crippen LogP contribution is 2.29. The van der Waals surface area contributed by atoms with Crippen molar-refractivity contribution in [2.45, 2.75) is 33.1 Å². The fourth-order valence-corrected chi connectivity index (χ4v) is 2.52. The van der Waals surface area contributed by atoms with Crippen molar-refractivity contribution >= 4 is 32.7 Å². The number of halogens is 2. The average molecular weight is 325 g/mol. The summed E-state index contributed by atoms with van der Waals surface area (Å²) in [5.74, 6) is 0.536. The van der Waals surface area contributed by atoms with Gasteiger partial charge in [0.2, 0.25) is 0 Å². The molecule has 2 aromatic rings. The van der Waals surface area contributed by atoms with Gasteiger partial charge < -0.3 is 5.32 Å². The molecule has 4 heteroatoms. The normalized spacial score (nSPS) is 10.9. The van der Waals surface area contributed by atoms with Crippen LogP contribution in [0.2, 0.25) is 0 Å². The zero-order chi connectivity index (χ0) is 13.8. The Morgan fingerprint density at radius 3 is 2.74 bits per heavy atom. The maximum atomic E-state index is 13.9. The second-order valence-corrected chi connectivity index (χ2v) is 5.45. The Bertz CT molecular complexity index is 584. The van der Waals surface area contributed by atoms with Crippen LogP contribution in [0, 0.1) is 5.82 Å². The fourth-order valence-electron chi connectivity index (χ4n) is 2.09. The van der Waals surface area contributed by atoms with E-state index >= 15 is 0 Å². The molecule has 0 aliphatic carbocycles. The van der Waals surface area contributed by atoms with Gasteiger partial charge in [-0.15, -0.1) is 0 Å². The smallest absolute Gasteiger partial charge is 0.149 e. The van der Waals surface area contributed by atoms with Crippen molar-refractivity contribution in [2.24, 2.45) is 0 Å². The standard InChI is InChI=1S/C15H18BrFN2/c1-3-5-10-9-11-12(16)6-7-13(17)14(11)19-15(10)18-8-4-2/h6-7,9H,3-5,8H2,1-2H3,(H,18,19). The highest BCUT2D eigenvalue weighted by atomic mass is 79.9. The first-order chi connectivity index (χ1) is 9.17. The van der Waals surface area contributed by atoms with Gasteiger partial charge in [0, 0.05) is 16.4 Å². The van der Waals surface area contributed by atoms with E-state index in [0.29, 0.717) is 5.52 Å². The van der Waals surface area contributed by atoms with Crippen molar-refractivity contribution in [1.82, 2.24) is 4.98 Å². The average Bonchev–Trinajstić information content (AvgIpc) is 2.41. The van der Waals surface area contributed by atoms with Crippen LogP contribution in [0.1, 0.15) is 32.3 Å². The van der Waals surface area contributed by atoms with Crippen molar-refractivity contribution in [3.05, 3.63) is 34.1 Å². The molecular weight excluding hydrogens is 307 g/mol. The number of aryl methyl sites for hydroxylation is 1. The number of nitrogens with zero attached hydrogens (tertiary/aromatic N) is 1. The Labute approximate surface area is 121 Å². The highest BCUT2D eigenvalue weighted by Gasteiger charge is 2.11. The van der Waals surface area contributed by atoms with Gasteiger partial charge in [0.1, 0.15) is 17.2 Å². The summed E-state index contributed by atoms with van der Waals surface area (Å²) < 4.78 is 14.8. The molecule has 19 heavy (non-hydrogen) atoms. The van der Waals surface area contributed by atoms with E-state index in [4.69, 9.17) is 0 Å². The lowest BCUT2D eigenvalue weighted by Crippen LogP contribution is -2.06. The van der Waals surface area contributed by atoms with Gasteiger partial charge in [-0.1, -0.05) is 36.2 Å². The van der Waals surface area contributed by atoms with Crippen molar-refractivity contribution < 1.29 is 4.39 Å². The van der Waals surface area contributed by atoms with E-state index < -0.39 is 0 Å². The molecule has 0 amide bonds. The first kappa shape index (κ1) is 14.3. The molecule has 0 aliphatic rings. The predicted octanol–water partition coefficient (Wildman–Crippen LogP) is 4.91. The quantitative estimate of drug-likeness (QED) is 0.845. The maximum Gasteiger partial charge on any atom is 0.149 e. The Morgan fingerprint density at radius 1 is 1.26 bits per heavy atom. The lowest BCUT2D eigenvalue weighted by Gasteiger charge is -2.12. The van der Waals surface area contributed by atoms with E-state index in [1.54, 1.807) is 6.07 Å². The molecule has 1 heterocycles. The molecule has 0 fully saturated rings. The topological polar surface area (TPSA) is 24.9 Å². The largest absolute Gasteiger partial charge is 0.370 e. The third kappa shape index (κ3) is 3.06. The van der Waals surface area contributed by atoms with Gasteiger partial charge in [-0.2, -0.15) is 0 Å². The summed E-state index contributed by atoms with van der Waals surface area (Å²) in [6, 6.07) is 5.22. The van der Waals surface area contributed by atoms with E-state index in [-0.39, 0.29) is 5.82 Å². The highest BCUT2D eigenvalue weighted by molar-refractivity contribution is 9.10. The summed E-state index contributed by atoms with van der Waals surface area (Å²) in [6.07, 6.45) is 3.01. The number of aromatic nitrogens is 1. The van der Waals surface area contributed by atoms with E-state index in [1.165, 1.54) is 6.07 Å². The molecule has 0 aliphatic heterocycles. The van der Waals surface area contributed by atoms with Crippen LogP contribution < -0.4 is 5.32 Å². The molecule has 0 bridgehead atoms. The van der Waals surface area contributed by atoms with Gasteiger partial charge in [-0.25, -0.2) is 9.37 Å². The minimum Gasteiger partial charge on any atom is -0.370 e. The van der Waals surface area contributed by atoms with E-state index in [9.17, 15) is 4.39 Å². The first-order valence-corrected chi connectivity index (χ1v) is 7.48. The van der Waals surface area contributed by atoms with Crippen LogP contribution in [0.15, 0.2) is 22.7 Å². The van der Waals surface area contributed by atoms with E-state index in [0.717, 1.165) is 47.0 Å². The number of benzene rings is 1. The number of nitrogens with one attached hydrogen (secondary N) is 1. The zero-order valence-electron chi connectivity index (χ0n) is 11.3. The predicted molar refractivity (Wildman–Crippen MR) is 82.2 cm³/mol. The monoisotopic (exact) mass is 324 g/mol. The van der Waals surface area contributed by atoms with E-state index in [1.807, 2.05) is 6.07 Å². The third-order valence-electron chi connectivity index (χ3n) is 3.02. The van der Waals surface area contributed by atoms with Gasteiger partial charge >= 0.3 is 0 Å². The molecule has 1 aromatic carbocycles. The second kappa shape index (κ2) is 6.33. The molecular formula is C15H18BrFN2. The summed E-state index contributed by atoms with van der Waals surface area (Å²) in [5, 5.41) is 4.13. The summed E-state index contributed by atoms with van der Waals surface area (Å²) in [6.45, 7) is 5.09. The Kier molecular flexibility index (Phi) is 4.75. The number of rotatable bonds is 5. The maximum absolute atomic E-state index is 13.9. The van der Waals surface area contributed by atoms with Crippen LogP contribution >= 0.6 is 15.9 Å². The SMILES string of the molecule is CCCNc1nc2c(F)ccc(Br)c2cc1CCC. The minimum atomic E-state index is -0.277. The van der Waals surface area contributed by atoms with Crippen LogP contribution in [0.3, 0.4) is 0 Å². The zero-order valence-corrected chi connectivity index (χ0v) is 12.8. The number of hydrogen-bond acceptors (Lipinski definition) is 2. The number of pyridine rings is 1.